The third kappa shape index (κ3) is 2.67. The highest BCUT2D eigenvalue weighted by atomic mass is 35.5. The van der Waals surface area contributed by atoms with E-state index in [-0.39, 0.29) is 5.54 Å². The lowest BCUT2D eigenvalue weighted by atomic mass is 9.89. The Balaban J connectivity index is 1.84. The summed E-state index contributed by atoms with van der Waals surface area (Å²) in [6.45, 7) is 5.22. The van der Waals surface area contributed by atoms with Crippen molar-refractivity contribution in [1.82, 2.24) is 5.32 Å². The minimum absolute atomic E-state index is 0.0147. The Kier molecular flexibility index (Phi) is 3.68. The summed E-state index contributed by atoms with van der Waals surface area (Å²) in [5.74, 6) is 0. The van der Waals surface area contributed by atoms with Crippen LogP contribution in [0.2, 0.25) is 5.02 Å². The zero-order valence-corrected chi connectivity index (χ0v) is 12.4. The van der Waals surface area contributed by atoms with E-state index in [2.05, 4.69) is 59.6 Å². The van der Waals surface area contributed by atoms with Crippen molar-refractivity contribution in [1.29, 1.82) is 0 Å². The summed E-state index contributed by atoms with van der Waals surface area (Å²) in [4.78, 5) is 2.42. The Morgan fingerprint density at radius 1 is 1.05 bits per heavy atom. The summed E-state index contributed by atoms with van der Waals surface area (Å²) in [6, 6.07) is 18.8. The topological polar surface area (TPSA) is 15.3 Å². The van der Waals surface area contributed by atoms with Crippen LogP contribution in [0.25, 0.3) is 0 Å². The highest BCUT2D eigenvalue weighted by Gasteiger charge is 2.32. The van der Waals surface area contributed by atoms with Gasteiger partial charge < -0.3 is 10.2 Å². The molecule has 3 heteroatoms. The first-order valence-electron chi connectivity index (χ1n) is 6.98. The van der Waals surface area contributed by atoms with Crippen LogP contribution in [0.3, 0.4) is 0 Å². The summed E-state index contributed by atoms with van der Waals surface area (Å²) >= 11 is 5.97. The Morgan fingerprint density at radius 3 is 2.45 bits per heavy atom. The van der Waals surface area contributed by atoms with Crippen LogP contribution in [-0.4, -0.2) is 19.6 Å². The Labute approximate surface area is 125 Å². The van der Waals surface area contributed by atoms with Crippen molar-refractivity contribution in [3.05, 3.63) is 65.2 Å². The molecule has 0 saturated carbocycles. The van der Waals surface area contributed by atoms with Gasteiger partial charge in [-0.15, -0.1) is 0 Å². The van der Waals surface area contributed by atoms with Gasteiger partial charge in [0.25, 0.3) is 0 Å². The van der Waals surface area contributed by atoms with E-state index in [0.29, 0.717) is 0 Å². The first kappa shape index (κ1) is 13.5. The molecule has 1 saturated heterocycles. The molecule has 0 radical (unpaired) electrons. The average Bonchev–Trinajstić information content (AvgIpc) is 2.49. The molecule has 1 fully saturated rings. The zero-order valence-electron chi connectivity index (χ0n) is 11.6. The molecule has 1 N–H and O–H groups in total. The van der Waals surface area contributed by atoms with Crippen molar-refractivity contribution in [2.45, 2.75) is 12.5 Å². The van der Waals surface area contributed by atoms with E-state index >= 15 is 0 Å². The number of anilines is 1. The van der Waals surface area contributed by atoms with Crippen LogP contribution in [0.4, 0.5) is 5.69 Å². The fourth-order valence-corrected chi connectivity index (χ4v) is 2.98. The number of halogens is 1. The molecule has 0 aliphatic carbocycles. The number of rotatable bonds is 2. The van der Waals surface area contributed by atoms with Crippen molar-refractivity contribution in [3.63, 3.8) is 0 Å². The maximum Gasteiger partial charge on any atom is 0.0584 e. The summed E-state index contributed by atoms with van der Waals surface area (Å²) < 4.78 is 0. The fourth-order valence-electron chi connectivity index (χ4n) is 2.86. The Hall–Kier alpha value is -1.51. The van der Waals surface area contributed by atoms with E-state index in [1.54, 1.807) is 0 Å². The number of benzene rings is 2. The largest absolute Gasteiger partial charge is 0.368 e. The third-order valence-electron chi connectivity index (χ3n) is 4.01. The van der Waals surface area contributed by atoms with Crippen molar-refractivity contribution in [2.75, 3.05) is 24.5 Å². The average molecular weight is 287 g/mol. The molecule has 2 aromatic rings. The maximum absolute atomic E-state index is 5.97. The third-order valence-corrected chi connectivity index (χ3v) is 4.26. The number of nitrogens with one attached hydrogen (secondary N) is 1. The van der Waals surface area contributed by atoms with E-state index in [9.17, 15) is 0 Å². The minimum Gasteiger partial charge on any atom is -0.368 e. The second-order valence-electron chi connectivity index (χ2n) is 5.52. The SMILES string of the molecule is CC1(c2ccccc2)CN(c2ccc(Cl)cc2)CCN1. The van der Waals surface area contributed by atoms with Gasteiger partial charge in [-0.1, -0.05) is 41.9 Å². The molecule has 0 bridgehead atoms. The lowest BCUT2D eigenvalue weighted by Crippen LogP contribution is -2.56. The van der Waals surface area contributed by atoms with Crippen molar-refractivity contribution >= 4 is 17.3 Å². The molecule has 1 unspecified atom stereocenters. The maximum atomic E-state index is 5.97. The summed E-state index contributed by atoms with van der Waals surface area (Å²) in [7, 11) is 0. The molecule has 2 aromatic carbocycles. The highest BCUT2D eigenvalue weighted by molar-refractivity contribution is 6.30. The number of hydrogen-bond acceptors (Lipinski definition) is 2. The lowest BCUT2D eigenvalue weighted by Gasteiger charge is -2.43. The van der Waals surface area contributed by atoms with Gasteiger partial charge in [0.15, 0.2) is 0 Å². The van der Waals surface area contributed by atoms with Crippen LogP contribution in [-0.2, 0) is 5.54 Å². The van der Waals surface area contributed by atoms with Crippen molar-refractivity contribution in [3.8, 4) is 0 Å². The Bertz CT molecular complexity index is 567. The van der Waals surface area contributed by atoms with Crippen LogP contribution in [0.15, 0.2) is 54.6 Å². The second-order valence-corrected chi connectivity index (χ2v) is 5.96. The molecule has 0 amide bonds. The molecular formula is C17H19ClN2. The molecule has 1 aliphatic heterocycles. The van der Waals surface area contributed by atoms with Gasteiger partial charge in [0.2, 0.25) is 0 Å². The molecule has 20 heavy (non-hydrogen) atoms. The van der Waals surface area contributed by atoms with Gasteiger partial charge in [0.1, 0.15) is 0 Å². The zero-order chi connectivity index (χ0) is 14.0. The van der Waals surface area contributed by atoms with Crippen LogP contribution < -0.4 is 10.2 Å². The fraction of sp³-hybridized carbons (Fsp3) is 0.294. The highest BCUT2D eigenvalue weighted by Crippen LogP contribution is 2.28. The quantitative estimate of drug-likeness (QED) is 0.906. The van der Waals surface area contributed by atoms with Gasteiger partial charge in [-0.25, -0.2) is 0 Å². The van der Waals surface area contributed by atoms with Gasteiger partial charge in [-0.3, -0.25) is 0 Å². The summed E-state index contributed by atoms with van der Waals surface area (Å²) in [5.41, 5.74) is 2.55. The molecule has 1 aliphatic rings. The first-order chi connectivity index (χ1) is 9.67. The molecule has 1 atom stereocenters. The molecule has 1 heterocycles. The van der Waals surface area contributed by atoms with Gasteiger partial charge >= 0.3 is 0 Å². The smallest absolute Gasteiger partial charge is 0.0584 e. The van der Waals surface area contributed by atoms with Crippen LogP contribution in [0.5, 0.6) is 0 Å². The normalized spacial score (nSPS) is 22.8. The van der Waals surface area contributed by atoms with E-state index in [4.69, 9.17) is 11.6 Å². The second kappa shape index (κ2) is 5.47. The van der Waals surface area contributed by atoms with Gasteiger partial charge in [0, 0.05) is 30.3 Å². The van der Waals surface area contributed by atoms with E-state index < -0.39 is 0 Å². The van der Waals surface area contributed by atoms with Gasteiger partial charge in [-0.05, 0) is 36.8 Å². The van der Waals surface area contributed by atoms with E-state index in [1.165, 1.54) is 11.3 Å². The van der Waals surface area contributed by atoms with Crippen LogP contribution in [0.1, 0.15) is 12.5 Å². The van der Waals surface area contributed by atoms with Crippen LogP contribution >= 0.6 is 11.6 Å². The van der Waals surface area contributed by atoms with Crippen molar-refractivity contribution < 1.29 is 0 Å². The molecule has 0 aromatic heterocycles. The number of hydrogen-bond donors (Lipinski definition) is 1. The molecule has 104 valence electrons. The molecule has 0 spiro atoms. The lowest BCUT2D eigenvalue weighted by molar-refractivity contribution is 0.332. The summed E-state index contributed by atoms with van der Waals surface area (Å²) in [5, 5.41) is 4.44. The monoisotopic (exact) mass is 286 g/mol. The molecule has 3 rings (SSSR count). The predicted octanol–water partition coefficient (Wildman–Crippen LogP) is 3.67. The standard InChI is InChI=1S/C17H19ClN2/c1-17(14-5-3-2-4-6-14)13-20(12-11-19-17)16-9-7-15(18)8-10-16/h2-10,19H,11-13H2,1H3. The number of nitrogens with zero attached hydrogens (tertiary/aromatic N) is 1. The van der Waals surface area contributed by atoms with Crippen LogP contribution in [0, 0.1) is 0 Å². The van der Waals surface area contributed by atoms with E-state index in [1.807, 2.05) is 12.1 Å². The van der Waals surface area contributed by atoms with Crippen molar-refractivity contribution in [2.24, 2.45) is 0 Å². The molecular weight excluding hydrogens is 268 g/mol. The van der Waals surface area contributed by atoms with Gasteiger partial charge in [-0.2, -0.15) is 0 Å². The van der Waals surface area contributed by atoms with E-state index in [0.717, 1.165) is 24.7 Å². The Morgan fingerprint density at radius 2 is 1.75 bits per heavy atom. The summed E-state index contributed by atoms with van der Waals surface area (Å²) in [6.07, 6.45) is 0. The van der Waals surface area contributed by atoms with Gasteiger partial charge in [0.05, 0.1) is 5.54 Å². The molecule has 2 nitrogen and oxygen atoms in total. The predicted molar refractivity (Wildman–Crippen MR) is 85.5 cm³/mol. The first-order valence-corrected chi connectivity index (χ1v) is 7.36. The minimum atomic E-state index is -0.0147. The number of piperazine rings is 1.